The van der Waals surface area contributed by atoms with Crippen LogP contribution in [-0.4, -0.2) is 30.3 Å². The van der Waals surface area contributed by atoms with Gasteiger partial charge in [0.1, 0.15) is 0 Å². The molecule has 1 aromatic heterocycles. The molecule has 0 amide bonds. The predicted molar refractivity (Wildman–Crippen MR) is 82.3 cm³/mol. The third-order valence-corrected chi connectivity index (χ3v) is 5.42. The molecular weight excluding hydrogens is 306 g/mol. The molecule has 2 aromatic rings. The van der Waals surface area contributed by atoms with Crippen LogP contribution in [0.3, 0.4) is 0 Å². The van der Waals surface area contributed by atoms with Gasteiger partial charge < -0.3 is 9.64 Å². The summed E-state index contributed by atoms with van der Waals surface area (Å²) in [5, 5.41) is 2.87. The average Bonchev–Trinajstić information content (AvgIpc) is 3.07. The second kappa shape index (κ2) is 5.28. The van der Waals surface area contributed by atoms with E-state index in [1.807, 2.05) is 5.38 Å². The summed E-state index contributed by atoms with van der Waals surface area (Å²) < 4.78 is 32.6. The molecular formula is C16H16F2N2OS. The summed E-state index contributed by atoms with van der Waals surface area (Å²) in [7, 11) is 0. The number of halogens is 2. The summed E-state index contributed by atoms with van der Waals surface area (Å²) in [5.41, 5.74) is 1.67. The molecule has 0 spiro atoms. The molecule has 2 aliphatic rings. The number of fused-ring (bicyclic) bond motifs is 2. The van der Waals surface area contributed by atoms with Gasteiger partial charge >= 0.3 is 0 Å². The number of rotatable bonds is 2. The Morgan fingerprint density at radius 1 is 1.23 bits per heavy atom. The normalized spacial score (nSPS) is 24.0. The molecule has 2 atom stereocenters. The summed E-state index contributed by atoms with van der Waals surface area (Å²) in [6, 6.07) is 3.54. The van der Waals surface area contributed by atoms with Crippen molar-refractivity contribution >= 4 is 16.5 Å². The zero-order valence-electron chi connectivity index (χ0n) is 12.2. The monoisotopic (exact) mass is 322 g/mol. The van der Waals surface area contributed by atoms with E-state index in [1.165, 1.54) is 0 Å². The zero-order chi connectivity index (χ0) is 15.3. The maximum absolute atomic E-state index is 13.7. The maximum Gasteiger partial charge on any atom is 0.186 e. The highest BCUT2D eigenvalue weighted by molar-refractivity contribution is 7.14. The fraction of sp³-hybridized carbons (Fsp3) is 0.438. The van der Waals surface area contributed by atoms with Crippen LogP contribution >= 0.6 is 11.3 Å². The molecule has 2 fully saturated rings. The van der Waals surface area contributed by atoms with E-state index >= 15 is 0 Å². The van der Waals surface area contributed by atoms with Crippen LogP contribution in [0.1, 0.15) is 18.4 Å². The van der Waals surface area contributed by atoms with Crippen LogP contribution < -0.4 is 4.90 Å². The molecule has 0 aliphatic carbocycles. The van der Waals surface area contributed by atoms with Crippen LogP contribution in [0.25, 0.3) is 11.3 Å². The van der Waals surface area contributed by atoms with Crippen molar-refractivity contribution in [1.82, 2.24) is 4.98 Å². The van der Waals surface area contributed by atoms with Gasteiger partial charge in [0.2, 0.25) is 0 Å². The zero-order valence-corrected chi connectivity index (χ0v) is 13.0. The highest BCUT2D eigenvalue weighted by atomic mass is 32.1. The number of benzene rings is 1. The first-order valence-electron chi connectivity index (χ1n) is 7.41. The minimum Gasteiger partial charge on any atom is -0.377 e. The molecule has 4 rings (SSSR count). The maximum atomic E-state index is 13.7. The van der Waals surface area contributed by atoms with Gasteiger partial charge in [0.25, 0.3) is 0 Å². The molecule has 2 aliphatic heterocycles. The van der Waals surface area contributed by atoms with Crippen molar-refractivity contribution in [3.05, 3.63) is 34.7 Å². The van der Waals surface area contributed by atoms with Crippen LogP contribution in [0.2, 0.25) is 0 Å². The number of anilines is 1. The number of aromatic nitrogens is 1. The van der Waals surface area contributed by atoms with Crippen LogP contribution in [-0.2, 0) is 4.74 Å². The Balaban J connectivity index is 1.69. The minimum atomic E-state index is -0.817. The van der Waals surface area contributed by atoms with E-state index in [0.717, 1.165) is 37.3 Å². The van der Waals surface area contributed by atoms with Crippen molar-refractivity contribution in [3.63, 3.8) is 0 Å². The largest absolute Gasteiger partial charge is 0.377 e. The lowest BCUT2D eigenvalue weighted by Gasteiger charge is -2.34. The Kier molecular flexibility index (Phi) is 3.38. The Morgan fingerprint density at radius 3 is 2.68 bits per heavy atom. The van der Waals surface area contributed by atoms with Crippen molar-refractivity contribution in [2.75, 3.05) is 18.1 Å². The average molecular weight is 322 g/mol. The lowest BCUT2D eigenvalue weighted by molar-refractivity contribution is 0.0906. The molecule has 2 saturated heterocycles. The van der Waals surface area contributed by atoms with Gasteiger partial charge in [-0.15, -0.1) is 11.3 Å². The quantitative estimate of drug-likeness (QED) is 0.842. The number of morpholine rings is 1. The first kappa shape index (κ1) is 14.1. The van der Waals surface area contributed by atoms with Gasteiger partial charge in [0, 0.05) is 10.9 Å². The fourth-order valence-corrected chi connectivity index (χ4v) is 4.34. The van der Waals surface area contributed by atoms with E-state index in [1.54, 1.807) is 24.3 Å². The van der Waals surface area contributed by atoms with Crippen molar-refractivity contribution in [2.24, 2.45) is 0 Å². The predicted octanol–water partition coefficient (Wildman–Crippen LogP) is 3.76. The van der Waals surface area contributed by atoms with E-state index in [-0.39, 0.29) is 0 Å². The molecule has 3 heterocycles. The Bertz CT molecular complexity index is 702. The summed E-state index contributed by atoms with van der Waals surface area (Å²) in [6.45, 7) is 3.08. The first-order valence-corrected chi connectivity index (χ1v) is 8.29. The second-order valence-corrected chi connectivity index (χ2v) is 6.72. The van der Waals surface area contributed by atoms with Crippen molar-refractivity contribution < 1.29 is 13.5 Å². The van der Waals surface area contributed by atoms with Crippen LogP contribution in [0.15, 0.2) is 17.5 Å². The lowest BCUT2D eigenvalue weighted by Crippen LogP contribution is -2.45. The molecule has 116 valence electrons. The summed E-state index contributed by atoms with van der Waals surface area (Å²) >= 11 is 1.56. The smallest absolute Gasteiger partial charge is 0.186 e. The Labute approximate surface area is 131 Å². The SMILES string of the molecule is Cc1c(-c2csc(N3C4CCC3COC4)n2)ccc(F)c1F. The fourth-order valence-electron chi connectivity index (χ4n) is 3.38. The first-order chi connectivity index (χ1) is 10.6. The third kappa shape index (κ3) is 2.13. The molecule has 0 saturated carbocycles. The van der Waals surface area contributed by atoms with Crippen molar-refractivity contribution in [3.8, 4) is 11.3 Å². The molecule has 0 radical (unpaired) electrons. The van der Waals surface area contributed by atoms with Crippen LogP contribution in [0, 0.1) is 18.6 Å². The molecule has 1 aromatic carbocycles. The van der Waals surface area contributed by atoms with Gasteiger partial charge in [-0.1, -0.05) is 0 Å². The van der Waals surface area contributed by atoms with Gasteiger partial charge in [-0.3, -0.25) is 0 Å². The van der Waals surface area contributed by atoms with Gasteiger partial charge in [-0.25, -0.2) is 13.8 Å². The highest BCUT2D eigenvalue weighted by Gasteiger charge is 2.38. The number of ether oxygens (including phenoxy) is 1. The lowest BCUT2D eigenvalue weighted by atomic mass is 10.1. The van der Waals surface area contributed by atoms with E-state index < -0.39 is 11.6 Å². The Morgan fingerprint density at radius 2 is 1.95 bits per heavy atom. The number of hydrogen-bond donors (Lipinski definition) is 0. The van der Waals surface area contributed by atoms with Crippen molar-refractivity contribution in [1.29, 1.82) is 0 Å². The molecule has 3 nitrogen and oxygen atoms in total. The number of hydrogen-bond acceptors (Lipinski definition) is 4. The van der Waals surface area contributed by atoms with Gasteiger partial charge in [0.15, 0.2) is 16.8 Å². The van der Waals surface area contributed by atoms with Crippen LogP contribution in [0.5, 0.6) is 0 Å². The third-order valence-electron chi connectivity index (χ3n) is 4.57. The van der Waals surface area contributed by atoms with E-state index in [2.05, 4.69) is 9.88 Å². The minimum absolute atomic E-state index is 0.307. The molecule has 2 unspecified atom stereocenters. The molecule has 22 heavy (non-hydrogen) atoms. The van der Waals surface area contributed by atoms with Gasteiger partial charge in [-0.2, -0.15) is 0 Å². The van der Waals surface area contributed by atoms with Crippen molar-refractivity contribution in [2.45, 2.75) is 31.8 Å². The van der Waals surface area contributed by atoms with Gasteiger partial charge in [0.05, 0.1) is 31.0 Å². The highest BCUT2D eigenvalue weighted by Crippen LogP contribution is 2.38. The van der Waals surface area contributed by atoms with E-state index in [9.17, 15) is 8.78 Å². The Hall–Kier alpha value is -1.53. The van der Waals surface area contributed by atoms with E-state index in [0.29, 0.717) is 28.9 Å². The van der Waals surface area contributed by atoms with E-state index in [4.69, 9.17) is 4.74 Å². The molecule has 0 N–H and O–H groups in total. The van der Waals surface area contributed by atoms with Gasteiger partial charge in [-0.05, 0) is 37.5 Å². The number of nitrogens with zero attached hydrogens (tertiary/aromatic N) is 2. The summed E-state index contributed by atoms with van der Waals surface area (Å²) in [5.74, 6) is -1.61. The summed E-state index contributed by atoms with van der Waals surface area (Å²) in [6.07, 6.45) is 2.26. The second-order valence-electron chi connectivity index (χ2n) is 5.88. The topological polar surface area (TPSA) is 25.4 Å². The number of thiazole rings is 1. The summed E-state index contributed by atoms with van der Waals surface area (Å²) in [4.78, 5) is 7.02. The standard InChI is InChI=1S/C16H16F2N2OS/c1-9-12(4-5-13(17)15(9)18)14-8-22-16(19-14)20-10-2-3-11(20)7-21-6-10/h4-5,8,10-11H,2-3,6-7H2,1H3. The molecule has 2 bridgehead atoms. The molecule has 6 heteroatoms. The van der Waals surface area contributed by atoms with Crippen LogP contribution in [0.4, 0.5) is 13.9 Å².